The smallest absolute Gasteiger partial charge is 0.270 e. The van der Waals surface area contributed by atoms with Crippen LogP contribution in [0.25, 0.3) is 10.2 Å². The van der Waals surface area contributed by atoms with Gasteiger partial charge >= 0.3 is 0 Å². The second-order valence-electron chi connectivity index (χ2n) is 5.37. The Morgan fingerprint density at radius 2 is 2.10 bits per heavy atom. The minimum Gasteiger partial charge on any atom is -0.337 e. The average molecular weight is 353 g/mol. The molecule has 1 amide bonds. The number of hydrogen-bond donors (Lipinski definition) is 0. The lowest BCUT2D eigenvalue weighted by atomic mass is 10.3. The zero-order valence-electron chi connectivity index (χ0n) is 11.5. The van der Waals surface area contributed by atoms with Crippen LogP contribution in [0.4, 0.5) is 0 Å². The number of nitrogens with zero attached hydrogens (tertiary/aromatic N) is 2. The molecule has 3 heterocycles. The summed E-state index contributed by atoms with van der Waals surface area (Å²) in [7, 11) is 0. The van der Waals surface area contributed by atoms with Crippen LogP contribution in [0.5, 0.6) is 0 Å². The van der Waals surface area contributed by atoms with Gasteiger partial charge in [0, 0.05) is 19.6 Å². The van der Waals surface area contributed by atoms with Gasteiger partial charge in [0.2, 0.25) is 0 Å². The number of allylic oxidation sites excluding steroid dienone is 1. The van der Waals surface area contributed by atoms with E-state index in [2.05, 4.69) is 33.1 Å². The Hall–Kier alpha value is -1.07. The Balaban J connectivity index is 2.06. The molecule has 0 N–H and O–H groups in total. The molecule has 0 atom stereocenters. The van der Waals surface area contributed by atoms with E-state index in [4.69, 9.17) is 0 Å². The maximum absolute atomic E-state index is 12.7. The molecule has 0 bridgehead atoms. The van der Waals surface area contributed by atoms with Gasteiger partial charge in [-0.25, -0.2) is 0 Å². The Morgan fingerprint density at radius 3 is 2.75 bits per heavy atom. The number of carbonyl (C=O) groups excluding carboxylic acids is 1. The van der Waals surface area contributed by atoms with Crippen molar-refractivity contribution in [3.05, 3.63) is 33.8 Å². The molecule has 1 fully saturated rings. The predicted octanol–water partition coefficient (Wildman–Crippen LogP) is 4.28. The van der Waals surface area contributed by atoms with Crippen molar-refractivity contribution >= 4 is 43.4 Å². The number of amides is 1. The Kier molecular flexibility index (Phi) is 3.73. The quantitative estimate of drug-likeness (QED) is 0.757. The first-order chi connectivity index (χ1) is 9.56. The molecule has 0 radical (unpaired) electrons. The molecule has 1 aliphatic heterocycles. The van der Waals surface area contributed by atoms with Crippen LogP contribution < -0.4 is 0 Å². The molecule has 20 heavy (non-hydrogen) atoms. The molecule has 0 aliphatic carbocycles. The molecule has 106 valence electrons. The SMILES string of the molecule is C=C(C)Cn1c(C(=O)N2CCCC2)cc2sc(Br)cc21. The zero-order chi connectivity index (χ0) is 14.3. The fraction of sp³-hybridized carbons (Fsp3) is 0.400. The maximum Gasteiger partial charge on any atom is 0.270 e. The first kappa shape index (κ1) is 13.9. The number of carbonyl (C=O) groups is 1. The highest BCUT2D eigenvalue weighted by molar-refractivity contribution is 9.11. The number of hydrogen-bond acceptors (Lipinski definition) is 2. The monoisotopic (exact) mass is 352 g/mol. The van der Waals surface area contributed by atoms with Gasteiger partial charge in [0.25, 0.3) is 5.91 Å². The van der Waals surface area contributed by atoms with Crippen LogP contribution in [0.15, 0.2) is 28.1 Å². The van der Waals surface area contributed by atoms with E-state index in [1.807, 2.05) is 17.9 Å². The number of fused-ring (bicyclic) bond motifs is 1. The third-order valence-corrected chi connectivity index (χ3v) is 5.17. The van der Waals surface area contributed by atoms with Crippen molar-refractivity contribution in [3.8, 4) is 0 Å². The molecule has 2 aromatic rings. The average Bonchev–Trinajstić information content (AvgIpc) is 3.05. The van der Waals surface area contributed by atoms with Gasteiger partial charge in [-0.1, -0.05) is 12.2 Å². The number of thiophene rings is 1. The summed E-state index contributed by atoms with van der Waals surface area (Å²) in [5, 5.41) is 0. The van der Waals surface area contributed by atoms with Crippen molar-refractivity contribution in [3.63, 3.8) is 0 Å². The highest BCUT2D eigenvalue weighted by Gasteiger charge is 2.24. The van der Waals surface area contributed by atoms with Crippen LogP contribution in [0.2, 0.25) is 0 Å². The van der Waals surface area contributed by atoms with Crippen LogP contribution in [0.3, 0.4) is 0 Å². The van der Waals surface area contributed by atoms with E-state index in [0.717, 1.165) is 51.2 Å². The van der Waals surface area contributed by atoms with Crippen LogP contribution >= 0.6 is 27.3 Å². The fourth-order valence-electron chi connectivity index (χ4n) is 2.71. The van der Waals surface area contributed by atoms with Crippen LogP contribution in [0.1, 0.15) is 30.3 Å². The zero-order valence-corrected chi connectivity index (χ0v) is 13.9. The summed E-state index contributed by atoms with van der Waals surface area (Å²) in [6.45, 7) is 8.45. The molecule has 3 rings (SSSR count). The van der Waals surface area contributed by atoms with Crippen molar-refractivity contribution in [2.75, 3.05) is 13.1 Å². The number of likely N-dealkylation sites (tertiary alicyclic amines) is 1. The molecule has 2 aromatic heterocycles. The van der Waals surface area contributed by atoms with E-state index in [1.165, 1.54) is 0 Å². The summed E-state index contributed by atoms with van der Waals surface area (Å²) in [5.74, 6) is 0.156. The van der Waals surface area contributed by atoms with Crippen molar-refractivity contribution in [2.24, 2.45) is 0 Å². The molecule has 1 saturated heterocycles. The lowest BCUT2D eigenvalue weighted by molar-refractivity contribution is 0.0783. The lowest BCUT2D eigenvalue weighted by Gasteiger charge is -2.17. The number of aromatic nitrogens is 1. The predicted molar refractivity (Wildman–Crippen MR) is 87.5 cm³/mol. The minimum absolute atomic E-state index is 0.156. The Bertz CT molecular complexity index is 679. The topological polar surface area (TPSA) is 25.2 Å². The van der Waals surface area contributed by atoms with Crippen LogP contribution in [0, 0.1) is 0 Å². The van der Waals surface area contributed by atoms with Crippen LogP contribution in [-0.2, 0) is 6.54 Å². The van der Waals surface area contributed by atoms with Crippen LogP contribution in [-0.4, -0.2) is 28.5 Å². The van der Waals surface area contributed by atoms with Gasteiger partial charge in [-0.15, -0.1) is 11.3 Å². The summed E-state index contributed by atoms with van der Waals surface area (Å²) in [6, 6.07) is 4.11. The molecule has 0 aromatic carbocycles. The standard InChI is InChI=1S/C15H17BrN2OS/c1-10(2)9-18-11-8-14(16)20-13(11)7-12(18)15(19)17-5-3-4-6-17/h7-8H,1,3-6,9H2,2H3. The number of halogens is 1. The minimum atomic E-state index is 0.156. The van der Waals surface area contributed by atoms with Gasteiger partial charge in [-0.2, -0.15) is 0 Å². The largest absolute Gasteiger partial charge is 0.337 e. The Morgan fingerprint density at radius 1 is 1.40 bits per heavy atom. The molecule has 1 aliphatic rings. The van der Waals surface area contributed by atoms with E-state index in [9.17, 15) is 4.79 Å². The lowest BCUT2D eigenvalue weighted by Crippen LogP contribution is -2.29. The summed E-state index contributed by atoms with van der Waals surface area (Å²) >= 11 is 5.19. The first-order valence-electron chi connectivity index (χ1n) is 6.78. The highest BCUT2D eigenvalue weighted by Crippen LogP contribution is 2.33. The van der Waals surface area contributed by atoms with E-state index in [1.54, 1.807) is 11.3 Å². The molecule has 0 unspecified atom stereocenters. The molecular weight excluding hydrogens is 336 g/mol. The van der Waals surface area contributed by atoms with E-state index in [0.29, 0.717) is 6.54 Å². The van der Waals surface area contributed by atoms with E-state index >= 15 is 0 Å². The first-order valence-corrected chi connectivity index (χ1v) is 8.39. The van der Waals surface area contributed by atoms with Crippen molar-refractivity contribution in [1.82, 2.24) is 9.47 Å². The summed E-state index contributed by atoms with van der Waals surface area (Å²) < 4.78 is 4.35. The molecule has 0 spiro atoms. The van der Waals surface area contributed by atoms with Gasteiger partial charge in [0.05, 0.1) is 14.0 Å². The summed E-state index contributed by atoms with van der Waals surface area (Å²) in [6.07, 6.45) is 2.24. The molecular formula is C15H17BrN2OS. The third kappa shape index (κ3) is 2.44. The van der Waals surface area contributed by atoms with Gasteiger partial charge in [0.15, 0.2) is 0 Å². The van der Waals surface area contributed by atoms with E-state index in [-0.39, 0.29) is 5.91 Å². The number of rotatable bonds is 3. The molecule has 0 saturated carbocycles. The van der Waals surface area contributed by atoms with E-state index < -0.39 is 0 Å². The molecule has 5 heteroatoms. The summed E-state index contributed by atoms with van der Waals surface area (Å²) in [4.78, 5) is 14.6. The van der Waals surface area contributed by atoms with Crippen molar-refractivity contribution < 1.29 is 4.79 Å². The normalized spacial score (nSPS) is 15.2. The van der Waals surface area contributed by atoms with Gasteiger partial charge in [0.1, 0.15) is 5.69 Å². The summed E-state index contributed by atoms with van der Waals surface area (Å²) in [5.41, 5.74) is 2.97. The fourth-order valence-corrected chi connectivity index (χ4v) is 4.28. The highest BCUT2D eigenvalue weighted by atomic mass is 79.9. The van der Waals surface area contributed by atoms with Gasteiger partial charge < -0.3 is 9.47 Å². The second-order valence-corrected chi connectivity index (χ2v) is 7.84. The maximum atomic E-state index is 12.7. The third-order valence-electron chi connectivity index (χ3n) is 3.60. The Labute approximate surface area is 131 Å². The van der Waals surface area contributed by atoms with Crippen molar-refractivity contribution in [2.45, 2.75) is 26.3 Å². The second kappa shape index (κ2) is 5.37. The molecule has 3 nitrogen and oxygen atoms in total. The van der Waals surface area contributed by atoms with Crippen molar-refractivity contribution in [1.29, 1.82) is 0 Å². The van der Waals surface area contributed by atoms with Gasteiger partial charge in [-0.05, 0) is 47.8 Å². The van der Waals surface area contributed by atoms with Gasteiger partial charge in [-0.3, -0.25) is 4.79 Å².